The molecule has 3 aromatic rings. The summed E-state index contributed by atoms with van der Waals surface area (Å²) in [6.07, 6.45) is 1.59. The Bertz CT molecular complexity index is 957. The van der Waals surface area contributed by atoms with Gasteiger partial charge in [0.1, 0.15) is 17.5 Å². The van der Waals surface area contributed by atoms with Gasteiger partial charge in [-0.3, -0.25) is 4.79 Å². The Morgan fingerprint density at radius 1 is 1.00 bits per heavy atom. The second kappa shape index (κ2) is 7.68. The molecule has 0 aliphatic carbocycles. The number of pyridine rings is 1. The number of carbonyl (C=O) groups excluding carboxylic acids is 1. The predicted octanol–water partition coefficient (Wildman–Crippen LogP) is 4.79. The second-order valence-electron chi connectivity index (χ2n) is 5.57. The first kappa shape index (κ1) is 18.1. The summed E-state index contributed by atoms with van der Waals surface area (Å²) in [5.41, 5.74) is 1.76. The number of hydrogen-bond acceptors (Lipinski definition) is 5. The van der Waals surface area contributed by atoms with Crippen LogP contribution in [0.1, 0.15) is 21.9 Å². The van der Waals surface area contributed by atoms with Gasteiger partial charge in [0.2, 0.25) is 0 Å². The Morgan fingerprint density at radius 3 is 2.54 bits per heavy atom. The van der Waals surface area contributed by atoms with E-state index in [4.69, 9.17) is 23.2 Å². The van der Waals surface area contributed by atoms with Gasteiger partial charge in [-0.25, -0.2) is 15.0 Å². The maximum atomic E-state index is 12.4. The lowest BCUT2D eigenvalue weighted by Crippen LogP contribution is -2.12. The van der Waals surface area contributed by atoms with E-state index >= 15 is 0 Å². The number of nitrogens with zero attached hydrogens (tertiary/aromatic N) is 3. The lowest BCUT2D eigenvalue weighted by atomic mass is 10.2. The molecule has 0 fully saturated rings. The monoisotopic (exact) mass is 387 g/mol. The van der Waals surface area contributed by atoms with Crippen LogP contribution in [0.2, 0.25) is 10.0 Å². The highest BCUT2D eigenvalue weighted by Gasteiger charge is 2.11. The minimum atomic E-state index is -0.336. The zero-order valence-electron chi connectivity index (χ0n) is 14.0. The molecule has 3 rings (SSSR count). The lowest BCUT2D eigenvalue weighted by Gasteiger charge is -2.10. The fourth-order valence-electron chi connectivity index (χ4n) is 2.36. The van der Waals surface area contributed by atoms with Crippen molar-refractivity contribution in [1.82, 2.24) is 15.0 Å². The zero-order valence-corrected chi connectivity index (χ0v) is 15.6. The van der Waals surface area contributed by atoms with Crippen LogP contribution in [0.3, 0.4) is 0 Å². The van der Waals surface area contributed by atoms with Crippen molar-refractivity contribution in [3.8, 4) is 0 Å². The van der Waals surface area contributed by atoms with Gasteiger partial charge in [-0.05, 0) is 38.1 Å². The van der Waals surface area contributed by atoms with Crippen molar-refractivity contribution in [3.05, 3.63) is 69.7 Å². The molecule has 0 atom stereocenters. The number of benzene rings is 1. The number of amides is 1. The van der Waals surface area contributed by atoms with E-state index < -0.39 is 0 Å². The molecule has 8 heteroatoms. The molecule has 0 aliphatic rings. The van der Waals surface area contributed by atoms with Crippen molar-refractivity contribution in [2.24, 2.45) is 0 Å². The summed E-state index contributed by atoms with van der Waals surface area (Å²) in [6, 6.07) is 9.91. The van der Waals surface area contributed by atoms with Gasteiger partial charge < -0.3 is 10.6 Å². The third-order valence-electron chi connectivity index (χ3n) is 3.42. The van der Waals surface area contributed by atoms with E-state index in [1.165, 1.54) is 6.07 Å². The van der Waals surface area contributed by atoms with E-state index in [9.17, 15) is 4.79 Å². The van der Waals surface area contributed by atoms with Crippen molar-refractivity contribution in [1.29, 1.82) is 0 Å². The molecule has 1 amide bonds. The van der Waals surface area contributed by atoms with E-state index in [1.807, 2.05) is 19.9 Å². The van der Waals surface area contributed by atoms with Gasteiger partial charge in [0.15, 0.2) is 0 Å². The fourth-order valence-corrected chi connectivity index (χ4v) is 2.86. The molecule has 0 radical (unpaired) electrons. The molecule has 6 nitrogen and oxygen atoms in total. The summed E-state index contributed by atoms with van der Waals surface area (Å²) in [7, 11) is 0. The Labute approximate surface area is 160 Å². The number of carbonyl (C=O) groups is 1. The van der Waals surface area contributed by atoms with Gasteiger partial charge in [0.25, 0.3) is 5.91 Å². The van der Waals surface area contributed by atoms with Crippen LogP contribution in [-0.2, 0) is 0 Å². The fraction of sp³-hybridized carbons (Fsp3) is 0.111. The van der Waals surface area contributed by atoms with E-state index in [1.54, 1.807) is 30.5 Å². The highest BCUT2D eigenvalue weighted by molar-refractivity contribution is 6.37. The highest BCUT2D eigenvalue weighted by atomic mass is 35.5. The minimum absolute atomic E-state index is 0.286. The average molecular weight is 388 g/mol. The lowest BCUT2D eigenvalue weighted by molar-refractivity contribution is 0.102. The van der Waals surface area contributed by atoms with E-state index in [2.05, 4.69) is 25.6 Å². The Hall–Kier alpha value is -2.70. The molecule has 0 saturated heterocycles. The van der Waals surface area contributed by atoms with Crippen LogP contribution in [0.25, 0.3) is 0 Å². The summed E-state index contributed by atoms with van der Waals surface area (Å²) in [6.45, 7) is 3.71. The van der Waals surface area contributed by atoms with E-state index in [0.717, 1.165) is 5.69 Å². The van der Waals surface area contributed by atoms with Gasteiger partial charge in [0, 0.05) is 34.7 Å². The Balaban J connectivity index is 1.77. The molecule has 0 bridgehead atoms. The normalized spacial score (nSPS) is 10.5. The molecular formula is C18H15Cl2N5O. The average Bonchev–Trinajstić information content (AvgIpc) is 2.54. The molecule has 0 saturated carbocycles. The van der Waals surface area contributed by atoms with E-state index in [-0.39, 0.29) is 10.9 Å². The summed E-state index contributed by atoms with van der Waals surface area (Å²) in [4.78, 5) is 25.2. The zero-order chi connectivity index (χ0) is 18.7. The van der Waals surface area contributed by atoms with Crippen LogP contribution in [0.4, 0.5) is 17.3 Å². The molecule has 0 spiro atoms. The molecule has 2 aromatic heterocycles. The molecular weight excluding hydrogens is 373 g/mol. The smallest absolute Gasteiger partial charge is 0.257 e. The summed E-state index contributed by atoms with van der Waals surface area (Å²) < 4.78 is 0. The van der Waals surface area contributed by atoms with Gasteiger partial charge in [-0.15, -0.1) is 0 Å². The van der Waals surface area contributed by atoms with Crippen LogP contribution in [0.5, 0.6) is 0 Å². The number of anilines is 3. The molecule has 2 N–H and O–H groups in total. The third-order valence-corrected chi connectivity index (χ3v) is 3.96. The van der Waals surface area contributed by atoms with Crippen molar-refractivity contribution >= 4 is 46.4 Å². The van der Waals surface area contributed by atoms with Crippen LogP contribution in [0.15, 0.2) is 42.6 Å². The first-order chi connectivity index (χ1) is 12.4. The number of nitrogens with one attached hydrogen (secondary N) is 2. The summed E-state index contributed by atoms with van der Waals surface area (Å²) >= 11 is 11.9. The number of rotatable bonds is 4. The van der Waals surface area contributed by atoms with Crippen LogP contribution < -0.4 is 10.6 Å². The third kappa shape index (κ3) is 4.47. The maximum absolute atomic E-state index is 12.4. The molecule has 132 valence electrons. The standard InChI is InChI=1S/C18H15Cl2N5O/c1-10-7-17(23-11(2)22-10)25-16-9-13(5-6-21-16)24-18(26)14-4-3-12(19)8-15(14)20/h3-9H,1-2H3,(H2,21,22,23,24,25,26). The topological polar surface area (TPSA) is 79.8 Å². The van der Waals surface area contributed by atoms with Crippen LogP contribution >= 0.6 is 23.2 Å². The molecule has 26 heavy (non-hydrogen) atoms. The quantitative estimate of drug-likeness (QED) is 0.672. The number of aromatic nitrogens is 3. The number of aryl methyl sites for hydroxylation is 2. The highest BCUT2D eigenvalue weighted by Crippen LogP contribution is 2.23. The van der Waals surface area contributed by atoms with Crippen LogP contribution in [0, 0.1) is 13.8 Å². The second-order valence-corrected chi connectivity index (χ2v) is 6.42. The van der Waals surface area contributed by atoms with Crippen molar-refractivity contribution in [2.45, 2.75) is 13.8 Å². The van der Waals surface area contributed by atoms with Gasteiger partial charge in [-0.1, -0.05) is 23.2 Å². The molecule has 0 unspecified atom stereocenters. The summed E-state index contributed by atoms with van der Waals surface area (Å²) in [5, 5.41) is 6.65. The first-order valence-electron chi connectivity index (χ1n) is 7.72. The Kier molecular flexibility index (Phi) is 5.35. The largest absolute Gasteiger partial charge is 0.325 e. The van der Waals surface area contributed by atoms with Gasteiger partial charge in [-0.2, -0.15) is 0 Å². The predicted molar refractivity (Wildman–Crippen MR) is 103 cm³/mol. The number of hydrogen-bond donors (Lipinski definition) is 2. The SMILES string of the molecule is Cc1cc(Nc2cc(NC(=O)c3ccc(Cl)cc3Cl)ccn2)nc(C)n1. The van der Waals surface area contributed by atoms with Gasteiger partial charge in [0.05, 0.1) is 10.6 Å². The molecule has 2 heterocycles. The number of halogens is 2. The summed E-state index contributed by atoms with van der Waals surface area (Å²) in [5.74, 6) is 1.50. The maximum Gasteiger partial charge on any atom is 0.257 e. The van der Waals surface area contributed by atoms with Crippen LogP contribution in [-0.4, -0.2) is 20.9 Å². The van der Waals surface area contributed by atoms with Crippen molar-refractivity contribution in [2.75, 3.05) is 10.6 Å². The minimum Gasteiger partial charge on any atom is -0.325 e. The van der Waals surface area contributed by atoms with Crippen molar-refractivity contribution < 1.29 is 4.79 Å². The van der Waals surface area contributed by atoms with E-state index in [0.29, 0.717) is 33.7 Å². The first-order valence-corrected chi connectivity index (χ1v) is 8.48. The Morgan fingerprint density at radius 2 is 1.81 bits per heavy atom. The van der Waals surface area contributed by atoms with Crippen molar-refractivity contribution in [3.63, 3.8) is 0 Å². The molecule has 0 aliphatic heterocycles. The van der Waals surface area contributed by atoms with Gasteiger partial charge >= 0.3 is 0 Å². The molecule has 1 aromatic carbocycles.